The Bertz CT molecular complexity index is 1700. The van der Waals surface area contributed by atoms with Gasteiger partial charge in [-0.15, -0.1) is 0 Å². The summed E-state index contributed by atoms with van der Waals surface area (Å²) in [5, 5.41) is 18.3. The van der Waals surface area contributed by atoms with Gasteiger partial charge in [0.25, 0.3) is 5.62 Å². The second-order valence-electron chi connectivity index (χ2n) is 7.61. The number of H-pyrrole nitrogens is 2. The molecule has 0 aliphatic heterocycles. The lowest BCUT2D eigenvalue weighted by Crippen LogP contribution is -2.23. The SMILES string of the molecule is O=c1[nH]c(O)c(/C=c2/cnn3c(=NC4CC4)nc(Oc4ccc(F)cc4-c4ccno4)nc23)[nH]1. The summed E-state index contributed by atoms with van der Waals surface area (Å²) in [5.41, 5.74) is 0.538. The molecule has 1 fully saturated rings. The first-order chi connectivity index (χ1) is 16.5. The molecule has 34 heavy (non-hydrogen) atoms. The van der Waals surface area contributed by atoms with Gasteiger partial charge < -0.3 is 19.4 Å². The molecule has 0 spiro atoms. The highest BCUT2D eigenvalue weighted by Crippen LogP contribution is 2.32. The zero-order valence-electron chi connectivity index (χ0n) is 17.3. The van der Waals surface area contributed by atoms with Gasteiger partial charge in [0.15, 0.2) is 11.4 Å². The largest absolute Gasteiger partial charge is 0.493 e. The summed E-state index contributed by atoms with van der Waals surface area (Å²) in [5.74, 6) is -0.241. The standard InChI is InChI=1S/C21H15FN8O4/c22-11-1-4-15(13(8-11)16-5-6-24-34-16)33-21-27-17-10(7-14-18(31)28-20(32)26-14)9-23-30(17)19(29-21)25-12-2-3-12/h1,4-9,12,31H,2-3H2,(H2,26,28,32)/b10-7-,25-19?. The van der Waals surface area contributed by atoms with Crippen LogP contribution >= 0.6 is 0 Å². The molecule has 1 aliphatic carbocycles. The van der Waals surface area contributed by atoms with Crippen molar-refractivity contribution < 1.29 is 18.8 Å². The van der Waals surface area contributed by atoms with Gasteiger partial charge in [-0.05, 0) is 37.1 Å². The van der Waals surface area contributed by atoms with Crippen molar-refractivity contribution in [2.75, 3.05) is 0 Å². The van der Waals surface area contributed by atoms with E-state index in [1.807, 2.05) is 0 Å². The monoisotopic (exact) mass is 462 g/mol. The van der Waals surface area contributed by atoms with Crippen LogP contribution in [-0.4, -0.2) is 45.9 Å². The fourth-order valence-corrected chi connectivity index (χ4v) is 3.34. The van der Waals surface area contributed by atoms with Gasteiger partial charge in [0.2, 0.25) is 5.88 Å². The molecule has 6 rings (SSSR count). The molecule has 3 N–H and O–H groups in total. The molecule has 0 atom stereocenters. The molecule has 1 aromatic carbocycles. The molecule has 0 unspecified atom stereocenters. The second kappa shape index (κ2) is 7.65. The molecule has 0 bridgehead atoms. The minimum absolute atomic E-state index is 0.0544. The number of aromatic hydroxyl groups is 1. The molecule has 1 aliphatic rings. The number of imidazole rings is 1. The Morgan fingerprint density at radius 3 is 2.88 bits per heavy atom. The first-order valence-corrected chi connectivity index (χ1v) is 10.2. The second-order valence-corrected chi connectivity index (χ2v) is 7.61. The van der Waals surface area contributed by atoms with Gasteiger partial charge in [-0.25, -0.2) is 14.2 Å². The van der Waals surface area contributed by atoms with E-state index < -0.39 is 11.5 Å². The van der Waals surface area contributed by atoms with Crippen LogP contribution in [0.5, 0.6) is 17.6 Å². The van der Waals surface area contributed by atoms with E-state index in [-0.39, 0.29) is 35.0 Å². The maximum absolute atomic E-state index is 13.9. The van der Waals surface area contributed by atoms with Crippen LogP contribution in [-0.2, 0) is 0 Å². The number of fused-ring (bicyclic) bond motifs is 1. The lowest BCUT2D eigenvalue weighted by molar-refractivity contribution is 0.417. The van der Waals surface area contributed by atoms with Crippen molar-refractivity contribution in [3.05, 3.63) is 69.5 Å². The molecule has 4 heterocycles. The van der Waals surface area contributed by atoms with Crippen molar-refractivity contribution in [3.8, 4) is 29.0 Å². The van der Waals surface area contributed by atoms with Gasteiger partial charge in [0.05, 0.1) is 24.0 Å². The van der Waals surface area contributed by atoms with E-state index >= 15 is 0 Å². The van der Waals surface area contributed by atoms with Crippen molar-refractivity contribution in [1.82, 2.24) is 34.7 Å². The van der Waals surface area contributed by atoms with Crippen LogP contribution in [0.3, 0.4) is 0 Å². The number of aromatic nitrogens is 7. The number of hydrogen-bond donors (Lipinski definition) is 3. The van der Waals surface area contributed by atoms with E-state index in [1.54, 1.807) is 6.07 Å². The van der Waals surface area contributed by atoms with Gasteiger partial charge in [0, 0.05) is 11.3 Å². The Morgan fingerprint density at radius 1 is 1.26 bits per heavy atom. The molecule has 12 nitrogen and oxygen atoms in total. The predicted molar refractivity (Wildman–Crippen MR) is 113 cm³/mol. The number of ether oxygens (including phenoxy) is 1. The summed E-state index contributed by atoms with van der Waals surface area (Å²) >= 11 is 0. The van der Waals surface area contributed by atoms with Crippen molar-refractivity contribution in [3.63, 3.8) is 0 Å². The maximum atomic E-state index is 13.9. The minimum atomic E-state index is -0.556. The number of rotatable bonds is 5. The molecular weight excluding hydrogens is 447 g/mol. The summed E-state index contributed by atoms with van der Waals surface area (Å²) < 4.78 is 26.5. The third-order valence-electron chi connectivity index (χ3n) is 5.08. The van der Waals surface area contributed by atoms with Gasteiger partial charge in [-0.1, -0.05) is 5.16 Å². The Kier molecular flexibility index (Phi) is 4.47. The van der Waals surface area contributed by atoms with Gasteiger partial charge in [-0.3, -0.25) is 4.98 Å². The van der Waals surface area contributed by atoms with Crippen molar-refractivity contribution >= 4 is 11.7 Å². The average Bonchev–Trinajstić information content (AvgIpc) is 3.18. The highest BCUT2D eigenvalue weighted by molar-refractivity contribution is 5.66. The quantitative estimate of drug-likeness (QED) is 0.349. The summed E-state index contributed by atoms with van der Waals surface area (Å²) in [6.07, 6.45) is 6.32. The van der Waals surface area contributed by atoms with Crippen LogP contribution in [0.4, 0.5) is 4.39 Å². The molecule has 0 saturated heterocycles. The van der Waals surface area contributed by atoms with E-state index in [0.717, 1.165) is 12.8 Å². The normalized spacial score (nSPS) is 14.9. The Labute approximate surface area is 188 Å². The minimum Gasteiger partial charge on any atom is -0.493 e. The predicted octanol–water partition coefficient (Wildman–Crippen LogP) is 1.04. The van der Waals surface area contributed by atoms with Crippen LogP contribution in [0.15, 0.2) is 51.0 Å². The van der Waals surface area contributed by atoms with Gasteiger partial charge >= 0.3 is 11.7 Å². The van der Waals surface area contributed by atoms with Crippen molar-refractivity contribution in [2.45, 2.75) is 18.9 Å². The molecule has 0 amide bonds. The molecule has 1 saturated carbocycles. The molecular formula is C21H15FN8O4. The first kappa shape index (κ1) is 19.8. The Morgan fingerprint density at radius 2 is 2.15 bits per heavy atom. The number of benzene rings is 1. The zero-order chi connectivity index (χ0) is 23.2. The molecule has 5 aromatic rings. The molecule has 4 aromatic heterocycles. The third kappa shape index (κ3) is 3.68. The van der Waals surface area contributed by atoms with Gasteiger partial charge in [0.1, 0.15) is 17.3 Å². The maximum Gasteiger partial charge on any atom is 0.327 e. The van der Waals surface area contributed by atoms with E-state index in [0.29, 0.717) is 22.2 Å². The summed E-state index contributed by atoms with van der Waals surface area (Å²) in [6.45, 7) is 0. The van der Waals surface area contributed by atoms with Crippen LogP contribution in [0.2, 0.25) is 0 Å². The molecule has 0 radical (unpaired) electrons. The third-order valence-corrected chi connectivity index (χ3v) is 5.08. The molecule has 13 heteroatoms. The number of nitrogens with one attached hydrogen (secondary N) is 2. The number of nitrogens with zero attached hydrogens (tertiary/aromatic N) is 6. The lowest BCUT2D eigenvalue weighted by atomic mass is 10.1. The zero-order valence-corrected chi connectivity index (χ0v) is 17.3. The summed E-state index contributed by atoms with van der Waals surface area (Å²) in [6, 6.07) is 5.58. The first-order valence-electron chi connectivity index (χ1n) is 10.2. The van der Waals surface area contributed by atoms with E-state index in [2.05, 4.69) is 35.2 Å². The van der Waals surface area contributed by atoms with Gasteiger partial charge in [-0.2, -0.15) is 19.6 Å². The fraction of sp³-hybridized carbons (Fsp3) is 0.143. The van der Waals surface area contributed by atoms with Crippen LogP contribution < -0.4 is 21.3 Å². The summed E-state index contributed by atoms with van der Waals surface area (Å²) in [7, 11) is 0. The summed E-state index contributed by atoms with van der Waals surface area (Å²) in [4.78, 5) is 29.6. The number of aromatic amines is 2. The molecule has 170 valence electrons. The smallest absolute Gasteiger partial charge is 0.327 e. The number of hydrogen-bond acceptors (Lipinski definition) is 9. The Hall–Kier alpha value is -4.81. The van der Waals surface area contributed by atoms with Crippen LogP contribution in [0.25, 0.3) is 23.0 Å². The fourth-order valence-electron chi connectivity index (χ4n) is 3.34. The lowest BCUT2D eigenvalue weighted by Gasteiger charge is -2.08. The Balaban J connectivity index is 1.51. The van der Waals surface area contributed by atoms with E-state index in [9.17, 15) is 14.3 Å². The van der Waals surface area contributed by atoms with Crippen molar-refractivity contribution in [1.29, 1.82) is 0 Å². The van der Waals surface area contributed by atoms with Crippen LogP contribution in [0.1, 0.15) is 18.5 Å². The average molecular weight is 462 g/mol. The highest BCUT2D eigenvalue weighted by atomic mass is 19.1. The highest BCUT2D eigenvalue weighted by Gasteiger charge is 2.21. The number of halogens is 1. The van der Waals surface area contributed by atoms with E-state index in [1.165, 1.54) is 41.2 Å². The topological polar surface area (TPSA) is 160 Å². The van der Waals surface area contributed by atoms with Crippen molar-refractivity contribution in [2.24, 2.45) is 4.99 Å². The van der Waals surface area contributed by atoms with Crippen LogP contribution in [0, 0.1) is 5.82 Å². The van der Waals surface area contributed by atoms with E-state index in [4.69, 9.17) is 9.26 Å².